The van der Waals surface area contributed by atoms with E-state index in [1.165, 1.54) is 11.3 Å². The van der Waals surface area contributed by atoms with E-state index in [9.17, 15) is 4.79 Å². The molecule has 0 saturated heterocycles. The SMILES string of the molecule is CN(CCc1ccccc1)C1=CC=c2oc3c(c2C1)C=C(NC(=O)c1ccc2ccccc2n1)C=CC=3. The first-order chi connectivity index (χ1) is 18.1. The quantitative estimate of drug-likeness (QED) is 0.441. The number of rotatable bonds is 6. The Hall–Kier alpha value is -4.64. The molecule has 0 spiro atoms. The number of hydrogen-bond donors (Lipinski definition) is 1. The molecule has 2 aliphatic carbocycles. The fraction of sp³-hybridized carbons (Fsp3) is 0.125. The van der Waals surface area contributed by atoms with Crippen LogP contribution in [-0.2, 0) is 12.8 Å². The molecule has 5 heteroatoms. The number of pyridine rings is 1. The molecule has 2 heterocycles. The summed E-state index contributed by atoms with van der Waals surface area (Å²) in [7, 11) is 2.14. The van der Waals surface area contributed by atoms with Crippen LogP contribution >= 0.6 is 0 Å². The van der Waals surface area contributed by atoms with Crippen LogP contribution in [0.5, 0.6) is 0 Å². The minimum atomic E-state index is -0.241. The molecule has 0 atom stereocenters. The van der Waals surface area contributed by atoms with Gasteiger partial charge in [0.05, 0.1) is 5.52 Å². The Labute approximate surface area is 215 Å². The molecule has 0 unspecified atom stereocenters. The molecule has 2 aliphatic rings. The number of fused-ring (bicyclic) bond motifs is 4. The van der Waals surface area contributed by atoms with Gasteiger partial charge in [0, 0.05) is 47.9 Å². The van der Waals surface area contributed by atoms with Crippen molar-refractivity contribution in [3.05, 3.63) is 130 Å². The molecule has 2 aromatic carbocycles. The highest BCUT2D eigenvalue weighted by Gasteiger charge is 2.19. The number of carbonyl (C=O) groups is 1. The molecule has 1 amide bonds. The van der Waals surface area contributed by atoms with Gasteiger partial charge in [-0.15, -0.1) is 0 Å². The smallest absolute Gasteiger partial charge is 0.274 e. The average Bonchev–Trinajstić information content (AvgIpc) is 3.15. The Kier molecular flexibility index (Phi) is 6.03. The molecule has 2 aromatic heterocycles. The molecule has 1 N–H and O–H groups in total. The number of furan rings is 1. The molecule has 0 bridgehead atoms. The van der Waals surface area contributed by atoms with Gasteiger partial charge in [-0.3, -0.25) is 4.79 Å². The van der Waals surface area contributed by atoms with E-state index in [2.05, 4.69) is 52.6 Å². The van der Waals surface area contributed by atoms with E-state index in [-0.39, 0.29) is 5.91 Å². The van der Waals surface area contributed by atoms with Crippen LogP contribution in [0.3, 0.4) is 0 Å². The fourth-order valence-corrected chi connectivity index (χ4v) is 4.78. The van der Waals surface area contributed by atoms with E-state index >= 15 is 0 Å². The van der Waals surface area contributed by atoms with Crippen LogP contribution in [0.25, 0.3) is 29.1 Å². The third-order valence-electron chi connectivity index (χ3n) is 6.87. The summed E-state index contributed by atoms with van der Waals surface area (Å²) in [5.74, 6) is -0.241. The first-order valence-electron chi connectivity index (χ1n) is 12.5. The highest BCUT2D eigenvalue weighted by Crippen LogP contribution is 2.19. The highest BCUT2D eigenvalue weighted by atomic mass is 16.3. The van der Waals surface area contributed by atoms with Crippen LogP contribution in [0.15, 0.2) is 101 Å². The van der Waals surface area contributed by atoms with Crippen LogP contribution < -0.4 is 16.1 Å². The van der Waals surface area contributed by atoms with Crippen LogP contribution in [0.4, 0.5) is 0 Å². The van der Waals surface area contributed by atoms with Gasteiger partial charge in [0.25, 0.3) is 5.91 Å². The van der Waals surface area contributed by atoms with Crippen molar-refractivity contribution in [1.82, 2.24) is 15.2 Å². The monoisotopic (exact) mass is 485 g/mol. The molecule has 182 valence electrons. The van der Waals surface area contributed by atoms with E-state index in [1.807, 2.05) is 66.8 Å². The van der Waals surface area contributed by atoms with Crippen molar-refractivity contribution in [3.63, 3.8) is 0 Å². The lowest BCUT2D eigenvalue weighted by atomic mass is 10.0. The third-order valence-corrected chi connectivity index (χ3v) is 6.87. The summed E-state index contributed by atoms with van der Waals surface area (Å²) in [6, 6.07) is 22.0. The second-order valence-electron chi connectivity index (χ2n) is 9.35. The minimum Gasteiger partial charge on any atom is -0.456 e. The van der Waals surface area contributed by atoms with Crippen LogP contribution in [0.1, 0.15) is 27.2 Å². The maximum absolute atomic E-state index is 13.0. The number of hydrogen-bond acceptors (Lipinski definition) is 4. The third kappa shape index (κ3) is 4.76. The molecular formula is C32H27N3O2. The lowest BCUT2D eigenvalue weighted by Gasteiger charge is -2.24. The second-order valence-corrected chi connectivity index (χ2v) is 9.35. The summed E-state index contributed by atoms with van der Waals surface area (Å²) in [6.45, 7) is 0.933. The van der Waals surface area contributed by atoms with Crippen molar-refractivity contribution in [2.45, 2.75) is 12.8 Å². The van der Waals surface area contributed by atoms with Crippen molar-refractivity contribution in [2.24, 2.45) is 0 Å². The number of benzene rings is 2. The maximum Gasteiger partial charge on any atom is 0.274 e. The van der Waals surface area contributed by atoms with Gasteiger partial charge in [0.15, 0.2) is 0 Å². The van der Waals surface area contributed by atoms with E-state index in [0.717, 1.165) is 52.2 Å². The molecule has 0 saturated carbocycles. The Morgan fingerprint density at radius 3 is 2.70 bits per heavy atom. The summed E-state index contributed by atoms with van der Waals surface area (Å²) in [4.78, 5) is 19.9. The number of para-hydroxylation sites is 1. The first kappa shape index (κ1) is 22.8. The number of nitrogens with zero attached hydrogens (tertiary/aromatic N) is 2. The average molecular weight is 486 g/mol. The van der Waals surface area contributed by atoms with Crippen molar-refractivity contribution in [1.29, 1.82) is 0 Å². The molecule has 4 aromatic rings. The molecule has 0 aliphatic heterocycles. The van der Waals surface area contributed by atoms with E-state index in [1.54, 1.807) is 6.07 Å². The number of aromatic nitrogens is 1. The number of nitrogens with one attached hydrogen (secondary N) is 1. The molecular weight excluding hydrogens is 458 g/mol. The van der Waals surface area contributed by atoms with Gasteiger partial charge in [-0.2, -0.15) is 0 Å². The van der Waals surface area contributed by atoms with Crippen LogP contribution in [0, 0.1) is 0 Å². The zero-order valence-corrected chi connectivity index (χ0v) is 20.6. The Balaban J connectivity index is 1.21. The summed E-state index contributed by atoms with van der Waals surface area (Å²) in [6.07, 6.45) is 13.7. The van der Waals surface area contributed by atoms with E-state index in [4.69, 9.17) is 4.42 Å². The van der Waals surface area contributed by atoms with Gasteiger partial charge >= 0.3 is 0 Å². The minimum absolute atomic E-state index is 0.241. The standard InChI is InChI=1S/C32H27N3O2/c1-35(19-18-22-8-3-2-4-9-22)25-15-17-31-27(21-25)26-20-24(11-7-13-30(26)37-31)33-32(36)29-16-14-23-10-5-6-12-28(23)34-29/h2-17,20H,18-19,21H2,1H3,(H,33,36). The zero-order chi connectivity index (χ0) is 25.2. The van der Waals surface area contributed by atoms with Gasteiger partial charge in [-0.05, 0) is 54.5 Å². The lowest BCUT2D eigenvalue weighted by molar-refractivity contribution is 0.0963. The van der Waals surface area contributed by atoms with Gasteiger partial charge in [-0.1, -0.05) is 60.7 Å². The van der Waals surface area contributed by atoms with Crippen molar-refractivity contribution in [3.8, 4) is 0 Å². The van der Waals surface area contributed by atoms with E-state index in [0.29, 0.717) is 11.4 Å². The Morgan fingerprint density at radius 2 is 1.81 bits per heavy atom. The molecule has 6 rings (SSSR count). The predicted octanol–water partition coefficient (Wildman–Crippen LogP) is 4.34. The molecule has 0 radical (unpaired) electrons. The summed E-state index contributed by atoms with van der Waals surface area (Å²) < 4.78 is 6.16. The van der Waals surface area contributed by atoms with Crippen molar-refractivity contribution in [2.75, 3.05) is 13.6 Å². The van der Waals surface area contributed by atoms with Crippen LogP contribution in [-0.4, -0.2) is 29.4 Å². The van der Waals surface area contributed by atoms with Gasteiger partial charge < -0.3 is 14.6 Å². The van der Waals surface area contributed by atoms with Gasteiger partial charge in [0.1, 0.15) is 16.5 Å². The zero-order valence-electron chi connectivity index (χ0n) is 20.6. The fourth-order valence-electron chi connectivity index (χ4n) is 4.78. The number of carbonyl (C=O) groups excluding carboxylic acids is 1. The largest absolute Gasteiger partial charge is 0.456 e. The number of likely N-dealkylation sites (N-methyl/N-ethyl adjacent to an activating group) is 1. The summed E-state index contributed by atoms with van der Waals surface area (Å²) in [5.41, 5.74) is 8.26. The molecule has 5 nitrogen and oxygen atoms in total. The first-order valence-corrected chi connectivity index (χ1v) is 12.5. The van der Waals surface area contributed by atoms with Crippen LogP contribution in [0.2, 0.25) is 0 Å². The Bertz CT molecular complexity index is 1710. The predicted molar refractivity (Wildman–Crippen MR) is 148 cm³/mol. The summed E-state index contributed by atoms with van der Waals surface area (Å²) >= 11 is 0. The number of allylic oxidation sites excluding steroid dienone is 4. The topological polar surface area (TPSA) is 58.4 Å². The highest BCUT2D eigenvalue weighted by molar-refractivity contribution is 5.96. The molecule has 37 heavy (non-hydrogen) atoms. The lowest BCUT2D eigenvalue weighted by Crippen LogP contribution is -2.25. The number of amides is 1. The maximum atomic E-state index is 13.0. The second kappa shape index (κ2) is 9.78. The Morgan fingerprint density at radius 1 is 0.973 bits per heavy atom. The van der Waals surface area contributed by atoms with Gasteiger partial charge in [-0.25, -0.2) is 4.98 Å². The molecule has 0 fully saturated rings. The van der Waals surface area contributed by atoms with Crippen molar-refractivity contribution >= 4 is 35.0 Å². The van der Waals surface area contributed by atoms with Crippen molar-refractivity contribution < 1.29 is 9.21 Å². The van der Waals surface area contributed by atoms with E-state index < -0.39 is 0 Å². The summed E-state index contributed by atoms with van der Waals surface area (Å²) in [5, 5.41) is 4.03. The normalized spacial score (nSPS) is 13.9. The van der Waals surface area contributed by atoms with Gasteiger partial charge in [0.2, 0.25) is 0 Å².